The van der Waals surface area contributed by atoms with Crippen molar-refractivity contribution in [1.29, 1.82) is 0 Å². The molecule has 0 fully saturated rings. The fourth-order valence-corrected chi connectivity index (χ4v) is 2.29. The SMILES string of the molecule is NS(=O)(=O)c1ccccc1NC(=O)CCCCC(=O)O. The minimum absolute atomic E-state index is 0.00104. The van der Waals surface area contributed by atoms with Crippen LogP contribution in [0.5, 0.6) is 0 Å². The van der Waals surface area contributed by atoms with Gasteiger partial charge in [-0.15, -0.1) is 0 Å². The van der Waals surface area contributed by atoms with Gasteiger partial charge in [0.25, 0.3) is 0 Å². The highest BCUT2D eigenvalue weighted by molar-refractivity contribution is 7.89. The summed E-state index contributed by atoms with van der Waals surface area (Å²) < 4.78 is 22.7. The van der Waals surface area contributed by atoms with Crippen LogP contribution >= 0.6 is 0 Å². The Kier molecular flexibility index (Phi) is 5.66. The van der Waals surface area contributed by atoms with Crippen molar-refractivity contribution >= 4 is 27.6 Å². The third-order valence-corrected chi connectivity index (χ3v) is 3.48. The predicted octanol–water partition coefficient (Wildman–Crippen LogP) is 0.917. The summed E-state index contributed by atoms with van der Waals surface area (Å²) in [6.07, 6.45) is 0.919. The van der Waals surface area contributed by atoms with E-state index < -0.39 is 16.0 Å². The van der Waals surface area contributed by atoms with Crippen molar-refractivity contribution in [3.8, 4) is 0 Å². The molecule has 0 heterocycles. The zero-order valence-electron chi connectivity index (χ0n) is 10.7. The number of anilines is 1. The largest absolute Gasteiger partial charge is 0.481 e. The molecule has 1 aromatic rings. The molecule has 0 unspecified atom stereocenters. The number of rotatable bonds is 7. The highest BCUT2D eigenvalue weighted by atomic mass is 32.2. The molecule has 0 spiro atoms. The van der Waals surface area contributed by atoms with Crippen molar-refractivity contribution in [2.45, 2.75) is 30.6 Å². The number of nitrogens with one attached hydrogen (secondary N) is 1. The Balaban J connectivity index is 2.61. The highest BCUT2D eigenvalue weighted by Crippen LogP contribution is 2.19. The van der Waals surface area contributed by atoms with Gasteiger partial charge in [-0.05, 0) is 25.0 Å². The number of carboxylic acids is 1. The number of unbranched alkanes of at least 4 members (excludes halogenated alkanes) is 1. The summed E-state index contributed by atoms with van der Waals surface area (Å²) in [4.78, 5) is 21.8. The Hall–Kier alpha value is -1.93. The number of hydrogen-bond donors (Lipinski definition) is 3. The maximum Gasteiger partial charge on any atom is 0.303 e. The molecule has 1 rings (SSSR count). The molecule has 0 saturated carbocycles. The lowest BCUT2D eigenvalue weighted by molar-refractivity contribution is -0.137. The number of amides is 1. The van der Waals surface area contributed by atoms with Gasteiger partial charge in [0.05, 0.1) is 5.69 Å². The lowest BCUT2D eigenvalue weighted by Crippen LogP contribution is -2.18. The van der Waals surface area contributed by atoms with Crippen molar-refractivity contribution in [3.05, 3.63) is 24.3 Å². The molecule has 0 aliphatic carbocycles. The predicted molar refractivity (Wildman–Crippen MR) is 72.5 cm³/mol. The van der Waals surface area contributed by atoms with Crippen LogP contribution in [-0.4, -0.2) is 25.4 Å². The number of sulfonamides is 1. The second-order valence-electron chi connectivity index (χ2n) is 4.19. The van der Waals surface area contributed by atoms with Gasteiger partial charge in [0, 0.05) is 12.8 Å². The molecule has 20 heavy (non-hydrogen) atoms. The first kappa shape index (κ1) is 16.1. The van der Waals surface area contributed by atoms with E-state index in [2.05, 4.69) is 5.32 Å². The van der Waals surface area contributed by atoms with Gasteiger partial charge in [-0.2, -0.15) is 0 Å². The van der Waals surface area contributed by atoms with Gasteiger partial charge in [0.1, 0.15) is 4.90 Å². The Bertz CT molecular complexity index is 598. The van der Waals surface area contributed by atoms with Gasteiger partial charge in [-0.3, -0.25) is 9.59 Å². The zero-order valence-corrected chi connectivity index (χ0v) is 11.5. The van der Waals surface area contributed by atoms with E-state index >= 15 is 0 Å². The van der Waals surface area contributed by atoms with E-state index in [1.165, 1.54) is 18.2 Å². The fourth-order valence-electron chi connectivity index (χ4n) is 1.59. The van der Waals surface area contributed by atoms with Crippen LogP contribution in [0.15, 0.2) is 29.2 Å². The highest BCUT2D eigenvalue weighted by Gasteiger charge is 2.14. The summed E-state index contributed by atoms with van der Waals surface area (Å²) in [7, 11) is -3.91. The third-order valence-electron chi connectivity index (χ3n) is 2.51. The molecule has 1 aromatic carbocycles. The van der Waals surface area contributed by atoms with Crippen LogP contribution in [0.4, 0.5) is 5.69 Å². The van der Waals surface area contributed by atoms with Crippen molar-refractivity contribution < 1.29 is 23.1 Å². The number of aliphatic carboxylic acids is 1. The molecule has 0 aliphatic rings. The summed E-state index contributed by atoms with van der Waals surface area (Å²) in [5, 5.41) is 16.0. The van der Waals surface area contributed by atoms with Crippen LogP contribution in [0, 0.1) is 0 Å². The molecule has 4 N–H and O–H groups in total. The van der Waals surface area contributed by atoms with Gasteiger partial charge in [-0.25, -0.2) is 13.6 Å². The molecule has 0 aliphatic heterocycles. The number of primary sulfonamides is 1. The lowest BCUT2D eigenvalue weighted by Gasteiger charge is -2.09. The maximum atomic E-state index is 11.6. The van der Waals surface area contributed by atoms with E-state index in [0.29, 0.717) is 12.8 Å². The van der Waals surface area contributed by atoms with E-state index in [4.69, 9.17) is 10.2 Å². The first-order valence-corrected chi connectivity index (χ1v) is 7.49. The van der Waals surface area contributed by atoms with Crippen LogP contribution in [0.3, 0.4) is 0 Å². The lowest BCUT2D eigenvalue weighted by atomic mass is 10.2. The fraction of sp³-hybridized carbons (Fsp3) is 0.333. The Morgan fingerprint density at radius 1 is 1.15 bits per heavy atom. The summed E-state index contributed by atoms with van der Waals surface area (Å²) in [6.45, 7) is 0. The van der Waals surface area contributed by atoms with Crippen molar-refractivity contribution in [3.63, 3.8) is 0 Å². The number of carboxylic acid groups (broad SMARTS) is 1. The molecule has 0 saturated heterocycles. The van der Waals surface area contributed by atoms with Crippen LogP contribution in [0.2, 0.25) is 0 Å². The minimum Gasteiger partial charge on any atom is -0.481 e. The maximum absolute atomic E-state index is 11.6. The van der Waals surface area contributed by atoms with Crippen LogP contribution in [0.25, 0.3) is 0 Å². The quantitative estimate of drug-likeness (QED) is 0.645. The molecule has 7 nitrogen and oxygen atoms in total. The first-order chi connectivity index (χ1) is 9.30. The second kappa shape index (κ2) is 7.01. The summed E-state index contributed by atoms with van der Waals surface area (Å²) >= 11 is 0. The van der Waals surface area contributed by atoms with Crippen LogP contribution in [-0.2, 0) is 19.6 Å². The monoisotopic (exact) mass is 300 g/mol. The number of nitrogens with two attached hydrogens (primary N) is 1. The van der Waals surface area contributed by atoms with Crippen LogP contribution < -0.4 is 10.5 Å². The van der Waals surface area contributed by atoms with E-state index in [0.717, 1.165) is 0 Å². The zero-order chi connectivity index (χ0) is 15.2. The van der Waals surface area contributed by atoms with Crippen LogP contribution in [0.1, 0.15) is 25.7 Å². The number of benzene rings is 1. The van der Waals surface area contributed by atoms with E-state index in [1.54, 1.807) is 6.07 Å². The van der Waals surface area contributed by atoms with Gasteiger partial charge in [0.15, 0.2) is 0 Å². The van der Waals surface area contributed by atoms with Crippen molar-refractivity contribution in [2.75, 3.05) is 5.32 Å². The first-order valence-electron chi connectivity index (χ1n) is 5.94. The standard InChI is InChI=1S/C12H16N2O5S/c13-20(18,19)10-6-2-1-5-9(10)14-11(15)7-3-4-8-12(16)17/h1-2,5-6H,3-4,7-8H2,(H,14,15)(H,16,17)(H2,13,18,19). The molecule has 0 aromatic heterocycles. The Morgan fingerprint density at radius 2 is 1.75 bits per heavy atom. The number of para-hydroxylation sites is 1. The molecule has 1 amide bonds. The Labute approximate surface area is 116 Å². The smallest absolute Gasteiger partial charge is 0.303 e. The van der Waals surface area contributed by atoms with Gasteiger partial charge in [0.2, 0.25) is 15.9 Å². The van der Waals surface area contributed by atoms with Gasteiger partial charge >= 0.3 is 5.97 Å². The van der Waals surface area contributed by atoms with E-state index in [-0.39, 0.29) is 29.3 Å². The van der Waals surface area contributed by atoms with E-state index in [9.17, 15) is 18.0 Å². The Morgan fingerprint density at radius 3 is 2.35 bits per heavy atom. The molecular weight excluding hydrogens is 284 g/mol. The molecule has 8 heteroatoms. The molecule has 0 radical (unpaired) electrons. The molecular formula is C12H16N2O5S. The third kappa shape index (κ3) is 5.37. The van der Waals surface area contributed by atoms with Gasteiger partial charge in [-0.1, -0.05) is 12.1 Å². The summed E-state index contributed by atoms with van der Waals surface area (Å²) in [6, 6.07) is 5.82. The summed E-state index contributed by atoms with van der Waals surface area (Å²) in [5.41, 5.74) is 0.123. The van der Waals surface area contributed by atoms with Crippen molar-refractivity contribution in [1.82, 2.24) is 0 Å². The van der Waals surface area contributed by atoms with Gasteiger partial charge < -0.3 is 10.4 Å². The van der Waals surface area contributed by atoms with Crippen molar-refractivity contribution in [2.24, 2.45) is 5.14 Å². The molecule has 110 valence electrons. The minimum atomic E-state index is -3.91. The molecule has 0 bridgehead atoms. The second-order valence-corrected chi connectivity index (χ2v) is 5.72. The number of carbonyl (C=O) groups is 2. The normalized spacial score (nSPS) is 11.1. The molecule has 0 atom stereocenters. The number of hydrogen-bond acceptors (Lipinski definition) is 4. The summed E-state index contributed by atoms with van der Waals surface area (Å²) in [5.74, 6) is -1.29. The number of carbonyl (C=O) groups excluding carboxylic acids is 1. The average Bonchev–Trinajstić information content (AvgIpc) is 2.34. The average molecular weight is 300 g/mol. The van der Waals surface area contributed by atoms with E-state index in [1.807, 2.05) is 0 Å². The topological polar surface area (TPSA) is 127 Å².